The van der Waals surface area contributed by atoms with Crippen LogP contribution in [0.1, 0.15) is 40.3 Å². The lowest BCUT2D eigenvalue weighted by atomic mass is 10.1. The normalized spacial score (nSPS) is 9.78. The molecule has 0 radical (unpaired) electrons. The Labute approximate surface area is 158 Å². The average Bonchev–Trinajstić information content (AvgIpc) is 2.67. The summed E-state index contributed by atoms with van der Waals surface area (Å²) in [6.07, 6.45) is 0.933. The van der Waals surface area contributed by atoms with E-state index in [0.717, 1.165) is 17.5 Å². The minimum atomic E-state index is -0.708. The van der Waals surface area contributed by atoms with Crippen LogP contribution in [0.5, 0.6) is 0 Å². The third-order valence-corrected chi connectivity index (χ3v) is 4.14. The van der Waals surface area contributed by atoms with Crippen molar-refractivity contribution in [2.24, 2.45) is 0 Å². The van der Waals surface area contributed by atoms with Crippen molar-refractivity contribution < 1.29 is 8.78 Å². The summed E-state index contributed by atoms with van der Waals surface area (Å²) in [5.41, 5.74) is 3.87. The van der Waals surface area contributed by atoms with Gasteiger partial charge in [-0.25, -0.2) is 8.78 Å². The Morgan fingerprint density at radius 1 is 0.667 bits per heavy atom. The van der Waals surface area contributed by atoms with Crippen molar-refractivity contribution in [3.8, 4) is 23.7 Å². The van der Waals surface area contributed by atoms with Crippen LogP contribution in [0.2, 0.25) is 0 Å². The van der Waals surface area contributed by atoms with Gasteiger partial charge in [-0.15, -0.1) is 0 Å². The van der Waals surface area contributed by atoms with Gasteiger partial charge < -0.3 is 0 Å². The smallest absolute Gasteiger partial charge is 0.143 e. The minimum absolute atomic E-state index is 0.240. The molecule has 0 spiro atoms. The Hall–Kier alpha value is -3.36. The van der Waals surface area contributed by atoms with E-state index in [1.165, 1.54) is 17.7 Å². The molecule has 0 aliphatic rings. The van der Waals surface area contributed by atoms with Crippen molar-refractivity contribution in [2.45, 2.75) is 20.3 Å². The average molecular weight is 356 g/mol. The van der Waals surface area contributed by atoms with E-state index >= 15 is 0 Å². The first-order valence-corrected chi connectivity index (χ1v) is 8.74. The maximum absolute atomic E-state index is 14.3. The van der Waals surface area contributed by atoms with Crippen LogP contribution < -0.4 is 0 Å². The highest BCUT2D eigenvalue weighted by molar-refractivity contribution is 5.49. The van der Waals surface area contributed by atoms with Crippen LogP contribution in [0.3, 0.4) is 0 Å². The van der Waals surface area contributed by atoms with Crippen LogP contribution in [0, 0.1) is 42.2 Å². The Kier molecular flexibility index (Phi) is 5.70. The number of rotatable bonds is 1. The standard InChI is InChI=1S/C25H18F2/c1-3-19-8-10-21(11-9-19)14-15-23-24(26)16-22(17-25(23)27)13-12-20-6-4-18(2)5-7-20/h4-11,16-17H,3H2,1-2H3. The molecule has 0 saturated heterocycles. The van der Waals surface area contributed by atoms with E-state index in [9.17, 15) is 8.78 Å². The van der Waals surface area contributed by atoms with E-state index in [-0.39, 0.29) is 11.1 Å². The zero-order valence-electron chi connectivity index (χ0n) is 15.2. The molecule has 132 valence electrons. The van der Waals surface area contributed by atoms with Gasteiger partial charge >= 0.3 is 0 Å². The lowest BCUT2D eigenvalue weighted by Gasteiger charge is -1.99. The van der Waals surface area contributed by atoms with Gasteiger partial charge in [0.25, 0.3) is 0 Å². The van der Waals surface area contributed by atoms with Gasteiger partial charge in [0.2, 0.25) is 0 Å². The number of hydrogen-bond acceptors (Lipinski definition) is 0. The third kappa shape index (κ3) is 4.84. The number of benzene rings is 3. The molecule has 0 aromatic heterocycles. The van der Waals surface area contributed by atoms with Crippen LogP contribution >= 0.6 is 0 Å². The summed E-state index contributed by atoms with van der Waals surface area (Å²) in [6, 6.07) is 17.7. The van der Waals surface area contributed by atoms with E-state index in [0.29, 0.717) is 5.56 Å². The predicted molar refractivity (Wildman–Crippen MR) is 105 cm³/mol. The van der Waals surface area contributed by atoms with Crippen molar-refractivity contribution >= 4 is 0 Å². The number of hydrogen-bond donors (Lipinski definition) is 0. The molecule has 0 bridgehead atoms. The van der Waals surface area contributed by atoms with Crippen LogP contribution in [0.15, 0.2) is 60.7 Å². The fourth-order valence-corrected chi connectivity index (χ4v) is 2.50. The Bertz CT molecular complexity index is 1040. The monoisotopic (exact) mass is 356 g/mol. The van der Waals surface area contributed by atoms with Crippen molar-refractivity contribution in [2.75, 3.05) is 0 Å². The first-order valence-electron chi connectivity index (χ1n) is 8.74. The van der Waals surface area contributed by atoms with Crippen LogP contribution in [0.4, 0.5) is 8.78 Å². The molecule has 3 aromatic carbocycles. The van der Waals surface area contributed by atoms with Gasteiger partial charge in [-0.05, 0) is 55.3 Å². The lowest BCUT2D eigenvalue weighted by molar-refractivity contribution is 0.577. The lowest BCUT2D eigenvalue weighted by Crippen LogP contribution is -1.92. The summed E-state index contributed by atoms with van der Waals surface area (Å²) in [6.45, 7) is 4.05. The van der Waals surface area contributed by atoms with E-state index in [1.54, 1.807) is 0 Å². The highest BCUT2D eigenvalue weighted by Gasteiger charge is 2.08. The first kappa shape index (κ1) is 18.4. The van der Waals surface area contributed by atoms with Crippen LogP contribution in [-0.2, 0) is 6.42 Å². The summed E-state index contributed by atoms with van der Waals surface area (Å²) in [5, 5.41) is 0. The Balaban J connectivity index is 1.85. The van der Waals surface area contributed by atoms with Crippen molar-refractivity contribution in [3.05, 3.63) is 106 Å². The second kappa shape index (κ2) is 8.35. The number of halogens is 2. The molecule has 0 aliphatic heterocycles. The van der Waals surface area contributed by atoms with Gasteiger partial charge in [0.05, 0.1) is 5.56 Å². The minimum Gasteiger partial charge on any atom is -0.205 e. The second-order valence-electron chi connectivity index (χ2n) is 6.23. The van der Waals surface area contributed by atoms with Gasteiger partial charge in [0.15, 0.2) is 0 Å². The van der Waals surface area contributed by atoms with Crippen molar-refractivity contribution in [3.63, 3.8) is 0 Å². The zero-order valence-corrected chi connectivity index (χ0v) is 15.2. The summed E-state index contributed by atoms with van der Waals surface area (Å²) >= 11 is 0. The molecule has 0 atom stereocenters. The first-order chi connectivity index (χ1) is 13.0. The second-order valence-corrected chi connectivity index (χ2v) is 6.23. The molecule has 27 heavy (non-hydrogen) atoms. The molecule has 3 rings (SSSR count). The summed E-state index contributed by atoms with van der Waals surface area (Å²) < 4.78 is 28.6. The predicted octanol–water partition coefficient (Wildman–Crippen LogP) is 5.64. The van der Waals surface area contributed by atoms with Gasteiger partial charge in [-0.1, -0.05) is 60.4 Å². The molecule has 0 amide bonds. The maximum atomic E-state index is 14.3. The van der Waals surface area contributed by atoms with Crippen LogP contribution in [0.25, 0.3) is 0 Å². The fourth-order valence-electron chi connectivity index (χ4n) is 2.50. The molecule has 3 aromatic rings. The molecule has 2 heteroatoms. The fraction of sp³-hybridized carbons (Fsp3) is 0.120. The highest BCUT2D eigenvalue weighted by atomic mass is 19.1. The van der Waals surface area contributed by atoms with E-state index < -0.39 is 11.6 Å². The Morgan fingerprint density at radius 2 is 1.15 bits per heavy atom. The largest absolute Gasteiger partial charge is 0.205 e. The van der Waals surface area contributed by atoms with E-state index in [2.05, 4.69) is 30.6 Å². The van der Waals surface area contributed by atoms with E-state index in [4.69, 9.17) is 0 Å². The molecule has 0 aliphatic carbocycles. The molecule has 0 heterocycles. The molecule has 0 N–H and O–H groups in total. The molecule has 0 unspecified atom stereocenters. The molecule has 0 nitrogen and oxygen atoms in total. The summed E-state index contributed by atoms with van der Waals surface area (Å²) in [5.74, 6) is 9.70. The van der Waals surface area contributed by atoms with Gasteiger partial charge in [0, 0.05) is 16.7 Å². The number of aryl methyl sites for hydroxylation is 2. The van der Waals surface area contributed by atoms with Crippen molar-refractivity contribution in [1.29, 1.82) is 0 Å². The summed E-state index contributed by atoms with van der Waals surface area (Å²) in [7, 11) is 0. The van der Waals surface area contributed by atoms with Crippen molar-refractivity contribution in [1.82, 2.24) is 0 Å². The molecular formula is C25H18F2. The topological polar surface area (TPSA) is 0 Å². The van der Waals surface area contributed by atoms with Gasteiger partial charge in [-0.3, -0.25) is 0 Å². The summed E-state index contributed by atoms with van der Waals surface area (Å²) in [4.78, 5) is 0. The maximum Gasteiger partial charge on any atom is 0.143 e. The molecule has 0 fully saturated rings. The third-order valence-electron chi connectivity index (χ3n) is 4.14. The van der Waals surface area contributed by atoms with E-state index in [1.807, 2.05) is 55.5 Å². The quantitative estimate of drug-likeness (QED) is 0.495. The zero-order chi connectivity index (χ0) is 19.2. The Morgan fingerprint density at radius 3 is 1.70 bits per heavy atom. The van der Waals surface area contributed by atoms with Gasteiger partial charge in [-0.2, -0.15) is 0 Å². The van der Waals surface area contributed by atoms with Gasteiger partial charge in [0.1, 0.15) is 11.6 Å². The molecule has 0 saturated carbocycles. The molecular weight excluding hydrogens is 338 g/mol. The highest BCUT2D eigenvalue weighted by Crippen LogP contribution is 2.15. The van der Waals surface area contributed by atoms with Crippen LogP contribution in [-0.4, -0.2) is 0 Å². The SMILES string of the molecule is CCc1ccc(C#Cc2c(F)cc(C#Cc3ccc(C)cc3)cc2F)cc1.